The molecule has 5 rings (SSSR count). The molecule has 5 aromatic rings. The number of methoxy groups -OCH3 is 4. The summed E-state index contributed by atoms with van der Waals surface area (Å²) in [6.45, 7) is 18.1. The molecule has 398 valence electrons. The van der Waals surface area contributed by atoms with E-state index in [9.17, 15) is 19.2 Å². The number of carbonyl (C=O) groups excluding carboxylic acids is 4. The van der Waals surface area contributed by atoms with Gasteiger partial charge in [0.1, 0.15) is 29.3 Å². The smallest absolute Gasteiger partial charge is 0.272 e. The summed E-state index contributed by atoms with van der Waals surface area (Å²) in [4.78, 5) is 59.0. The van der Waals surface area contributed by atoms with Gasteiger partial charge in [0.05, 0.1) is 63.7 Å². The third-order valence-electron chi connectivity index (χ3n) is 13.2. The predicted molar refractivity (Wildman–Crippen MR) is 281 cm³/mol. The Kier molecular flexibility index (Phi) is 21.8. The minimum atomic E-state index is -0.489. The summed E-state index contributed by atoms with van der Waals surface area (Å²) in [6, 6.07) is 11.8. The number of rotatable bonds is 30. The first-order valence-corrected chi connectivity index (χ1v) is 25.7. The van der Waals surface area contributed by atoms with Crippen molar-refractivity contribution >= 4 is 23.6 Å². The Labute approximate surface area is 431 Å². The highest BCUT2D eigenvalue weighted by atomic mass is 16.5. The van der Waals surface area contributed by atoms with Crippen molar-refractivity contribution in [3.63, 3.8) is 0 Å². The minimum absolute atomic E-state index is 0.0308. The van der Waals surface area contributed by atoms with Gasteiger partial charge in [-0.1, -0.05) is 87.1 Å². The molecule has 3 heterocycles. The van der Waals surface area contributed by atoms with Gasteiger partial charge in [-0.2, -0.15) is 10.2 Å². The molecule has 0 aliphatic rings. The van der Waals surface area contributed by atoms with Gasteiger partial charge in [0.25, 0.3) is 11.8 Å². The fourth-order valence-electron chi connectivity index (χ4n) is 9.09. The predicted octanol–water partition coefficient (Wildman–Crippen LogP) is 9.01. The zero-order valence-electron chi connectivity index (χ0n) is 45.1. The number of nitrogens with one attached hydrogen (secondary N) is 4. The van der Waals surface area contributed by atoms with Crippen LogP contribution in [0.25, 0.3) is 22.5 Å². The largest absolute Gasteiger partial charge is 0.496 e. The van der Waals surface area contributed by atoms with Crippen LogP contribution in [-0.4, -0.2) is 88.7 Å². The highest BCUT2D eigenvalue weighted by molar-refractivity contribution is 5.95. The van der Waals surface area contributed by atoms with Crippen molar-refractivity contribution in [1.29, 1.82) is 0 Å². The van der Waals surface area contributed by atoms with Gasteiger partial charge in [0.15, 0.2) is 11.4 Å². The minimum Gasteiger partial charge on any atom is -0.496 e. The molecule has 3 aromatic heterocycles. The van der Waals surface area contributed by atoms with E-state index in [0.29, 0.717) is 88.8 Å². The van der Waals surface area contributed by atoms with Crippen LogP contribution in [-0.2, 0) is 35.8 Å². The standard InChI is InChI=1S/C55H79N9O9/c1-13-36(14-2)32-63-43(52-45(69-9)18-17-19-46(52)70-10)28-41(61-63)54(67)59-39(22-34(5)6)26-49(65)57-30-38-24-47(71-11)53(48(25-38)72-12)44-29-42(62-64(44)33-37(15-3)16-4)55(68)60-40(23-35(7)8)27-50(66)58-31-51-56-20-21-73-51/h17-21,24-25,28-29,34-37,39-40H,13-16,22-23,26-27,30-33H2,1-12H3,(H,57,65)(H,58,66)(H,59,67)(H,60,68)/t39?,40-/m0/s1. The Hall–Kier alpha value is -6.85. The molecule has 0 bridgehead atoms. The highest BCUT2D eigenvalue weighted by Gasteiger charge is 2.28. The van der Waals surface area contributed by atoms with Crippen molar-refractivity contribution in [2.45, 2.75) is 145 Å². The second kappa shape index (κ2) is 27.8. The number of nitrogens with zero attached hydrogens (tertiary/aromatic N) is 5. The van der Waals surface area contributed by atoms with E-state index in [1.807, 2.05) is 67.4 Å². The van der Waals surface area contributed by atoms with Crippen LogP contribution in [0.15, 0.2) is 59.3 Å². The van der Waals surface area contributed by atoms with Crippen LogP contribution in [0.4, 0.5) is 0 Å². The lowest BCUT2D eigenvalue weighted by Crippen LogP contribution is -2.40. The Balaban J connectivity index is 1.36. The number of carbonyl (C=O) groups is 4. The molecular formula is C55H79N9O9. The average molecular weight is 1010 g/mol. The second-order valence-electron chi connectivity index (χ2n) is 19.5. The van der Waals surface area contributed by atoms with Crippen molar-refractivity contribution in [2.24, 2.45) is 23.7 Å². The Morgan fingerprint density at radius 1 is 0.603 bits per heavy atom. The monoisotopic (exact) mass is 1010 g/mol. The summed E-state index contributed by atoms with van der Waals surface area (Å²) in [5, 5.41) is 21.7. The van der Waals surface area contributed by atoms with Crippen molar-refractivity contribution < 1.29 is 42.5 Å². The van der Waals surface area contributed by atoms with E-state index in [1.165, 1.54) is 12.5 Å². The number of aromatic nitrogens is 5. The first-order chi connectivity index (χ1) is 35.1. The Morgan fingerprint density at radius 3 is 1.41 bits per heavy atom. The lowest BCUT2D eigenvalue weighted by Gasteiger charge is -2.21. The van der Waals surface area contributed by atoms with Gasteiger partial charge < -0.3 is 44.6 Å². The van der Waals surface area contributed by atoms with Crippen LogP contribution in [0, 0.1) is 23.7 Å². The zero-order valence-corrected chi connectivity index (χ0v) is 45.1. The zero-order chi connectivity index (χ0) is 53.2. The molecule has 0 saturated heterocycles. The van der Waals surface area contributed by atoms with Gasteiger partial charge >= 0.3 is 0 Å². The summed E-state index contributed by atoms with van der Waals surface area (Å²) in [5.74, 6) is 2.17. The molecule has 18 nitrogen and oxygen atoms in total. The summed E-state index contributed by atoms with van der Waals surface area (Å²) in [6.07, 6.45) is 7.86. The Bertz CT molecular complexity index is 2510. The van der Waals surface area contributed by atoms with E-state index >= 15 is 0 Å². The second-order valence-corrected chi connectivity index (χ2v) is 19.5. The van der Waals surface area contributed by atoms with E-state index in [1.54, 1.807) is 40.6 Å². The molecule has 4 N–H and O–H groups in total. The normalized spacial score (nSPS) is 12.3. The van der Waals surface area contributed by atoms with Crippen molar-refractivity contribution in [3.8, 4) is 45.5 Å². The summed E-state index contributed by atoms with van der Waals surface area (Å²) in [7, 11) is 6.32. The molecule has 0 spiro atoms. The molecule has 0 saturated carbocycles. The van der Waals surface area contributed by atoms with E-state index in [4.69, 9.17) is 33.6 Å². The number of amides is 4. The van der Waals surface area contributed by atoms with Crippen LogP contribution in [0.5, 0.6) is 23.0 Å². The molecule has 2 atom stereocenters. The molecule has 1 unspecified atom stereocenters. The SMILES string of the molecule is CCC(CC)Cn1nc(C(=O)NC(CC(=O)NCc2cc(OC)c(-c3cc(C(=O)N[C@H](CC(=O)NCc4ncco4)CC(C)C)nn3CC(CC)CC)c(OC)c2)CC(C)C)cc1-c1c(OC)cccc1OC. The quantitative estimate of drug-likeness (QED) is 0.0339. The van der Waals surface area contributed by atoms with Gasteiger partial charge in [-0.15, -0.1) is 0 Å². The fraction of sp³-hybridized carbons (Fsp3) is 0.545. The van der Waals surface area contributed by atoms with Crippen molar-refractivity contribution in [3.05, 3.63) is 77.8 Å². The van der Waals surface area contributed by atoms with Crippen LogP contribution < -0.4 is 40.2 Å². The summed E-state index contributed by atoms with van der Waals surface area (Å²) >= 11 is 0. The Morgan fingerprint density at radius 2 is 1.03 bits per heavy atom. The molecule has 2 aromatic carbocycles. The maximum absolute atomic E-state index is 14.1. The summed E-state index contributed by atoms with van der Waals surface area (Å²) in [5.41, 5.74) is 3.74. The molecular weight excluding hydrogens is 931 g/mol. The third-order valence-corrected chi connectivity index (χ3v) is 13.2. The lowest BCUT2D eigenvalue weighted by molar-refractivity contribution is -0.122. The number of oxazole rings is 1. The first kappa shape index (κ1) is 57.1. The van der Waals surface area contributed by atoms with Crippen LogP contribution in [0.2, 0.25) is 0 Å². The lowest BCUT2D eigenvalue weighted by atomic mass is 10.00. The number of benzene rings is 2. The van der Waals surface area contributed by atoms with E-state index < -0.39 is 18.0 Å². The highest BCUT2D eigenvalue weighted by Crippen LogP contribution is 2.41. The van der Waals surface area contributed by atoms with Crippen molar-refractivity contribution in [1.82, 2.24) is 45.8 Å². The number of ether oxygens (including phenoxy) is 4. The third kappa shape index (κ3) is 15.8. The molecule has 0 aliphatic heterocycles. The maximum atomic E-state index is 14.1. The number of hydrogen-bond donors (Lipinski definition) is 4. The van der Waals surface area contributed by atoms with Crippen LogP contribution in [0.1, 0.15) is 139 Å². The van der Waals surface area contributed by atoms with Crippen LogP contribution >= 0.6 is 0 Å². The topological polar surface area (TPSA) is 215 Å². The van der Waals surface area contributed by atoms with Crippen LogP contribution in [0.3, 0.4) is 0 Å². The first-order valence-electron chi connectivity index (χ1n) is 25.7. The van der Waals surface area contributed by atoms with E-state index in [0.717, 1.165) is 25.7 Å². The molecule has 18 heteroatoms. The fourth-order valence-corrected chi connectivity index (χ4v) is 9.09. The van der Waals surface area contributed by atoms with Gasteiger partial charge in [-0.3, -0.25) is 28.5 Å². The van der Waals surface area contributed by atoms with Gasteiger partial charge in [-0.25, -0.2) is 4.98 Å². The van der Waals surface area contributed by atoms with E-state index in [-0.39, 0.29) is 72.8 Å². The average Bonchev–Trinajstić information content (AvgIpc) is 4.16. The molecule has 0 radical (unpaired) electrons. The molecule has 73 heavy (non-hydrogen) atoms. The molecule has 0 aliphatic carbocycles. The van der Waals surface area contributed by atoms with Gasteiger partial charge in [0, 0.05) is 44.6 Å². The number of hydrogen-bond acceptors (Lipinski definition) is 12. The molecule has 0 fully saturated rings. The van der Waals surface area contributed by atoms with Gasteiger partial charge in [0.2, 0.25) is 17.7 Å². The van der Waals surface area contributed by atoms with Gasteiger partial charge in [-0.05, 0) is 78.5 Å². The molecule has 4 amide bonds. The maximum Gasteiger partial charge on any atom is 0.272 e. The van der Waals surface area contributed by atoms with E-state index in [2.05, 4.69) is 53.9 Å². The van der Waals surface area contributed by atoms with Crippen molar-refractivity contribution in [2.75, 3.05) is 28.4 Å². The summed E-state index contributed by atoms with van der Waals surface area (Å²) < 4.78 is 32.4.